The van der Waals surface area contributed by atoms with Crippen LogP contribution in [-0.4, -0.2) is 16.5 Å². The molecule has 0 aliphatic heterocycles. The fourth-order valence-corrected chi connectivity index (χ4v) is 3.06. The molecular weight excluding hydrogens is 254 g/mol. The summed E-state index contributed by atoms with van der Waals surface area (Å²) < 4.78 is 0. The Morgan fingerprint density at radius 3 is 2.68 bits per heavy atom. The van der Waals surface area contributed by atoms with Crippen molar-refractivity contribution in [2.75, 3.05) is 11.9 Å². The lowest BCUT2D eigenvalue weighted by Crippen LogP contribution is -2.08. The van der Waals surface area contributed by atoms with Crippen LogP contribution in [0.15, 0.2) is 17.8 Å². The molecule has 0 bridgehead atoms. The summed E-state index contributed by atoms with van der Waals surface area (Å²) in [7, 11) is 0. The molecule has 2 rings (SSSR count). The normalized spacial score (nSPS) is 11.0. The minimum atomic E-state index is 0.400. The van der Waals surface area contributed by atoms with Gasteiger partial charge in [0.2, 0.25) is 0 Å². The molecule has 0 spiro atoms. The minimum absolute atomic E-state index is 0.400. The van der Waals surface area contributed by atoms with Gasteiger partial charge < -0.3 is 5.32 Å². The van der Waals surface area contributed by atoms with Crippen molar-refractivity contribution in [1.82, 2.24) is 9.97 Å². The Kier molecular flexibility index (Phi) is 4.53. The third-order valence-electron chi connectivity index (χ3n) is 3.08. The van der Waals surface area contributed by atoms with Gasteiger partial charge in [-0.15, -0.1) is 11.3 Å². The molecule has 102 valence electrons. The van der Waals surface area contributed by atoms with Crippen LogP contribution in [0, 0.1) is 6.92 Å². The van der Waals surface area contributed by atoms with Crippen LogP contribution in [0.4, 0.5) is 5.82 Å². The molecule has 0 atom stereocenters. The van der Waals surface area contributed by atoms with E-state index in [1.165, 1.54) is 16.0 Å². The fraction of sp³-hybridized carbons (Fsp3) is 0.467. The maximum atomic E-state index is 4.53. The smallest absolute Gasteiger partial charge is 0.133 e. The van der Waals surface area contributed by atoms with Gasteiger partial charge in [0.1, 0.15) is 12.1 Å². The summed E-state index contributed by atoms with van der Waals surface area (Å²) in [5, 5.41) is 5.54. The summed E-state index contributed by atoms with van der Waals surface area (Å²) in [4.78, 5) is 10.2. The van der Waals surface area contributed by atoms with Crippen molar-refractivity contribution < 1.29 is 0 Å². The molecule has 0 aromatic carbocycles. The van der Waals surface area contributed by atoms with Gasteiger partial charge in [-0.3, -0.25) is 0 Å². The van der Waals surface area contributed by atoms with E-state index in [0.29, 0.717) is 5.92 Å². The largest absolute Gasteiger partial charge is 0.370 e. The molecule has 0 saturated heterocycles. The van der Waals surface area contributed by atoms with Gasteiger partial charge in [0.15, 0.2) is 0 Å². The zero-order valence-electron chi connectivity index (χ0n) is 12.0. The van der Waals surface area contributed by atoms with Gasteiger partial charge in [-0.2, -0.15) is 0 Å². The highest BCUT2D eigenvalue weighted by Crippen LogP contribution is 2.36. The summed E-state index contributed by atoms with van der Waals surface area (Å²) in [5.74, 6) is 1.38. The highest BCUT2D eigenvalue weighted by atomic mass is 32.1. The molecule has 1 N–H and O–H groups in total. The van der Waals surface area contributed by atoms with Gasteiger partial charge in [0.05, 0.1) is 10.6 Å². The number of nitrogens with zero attached hydrogens (tertiary/aromatic N) is 2. The molecule has 0 amide bonds. The summed E-state index contributed by atoms with van der Waals surface area (Å²) >= 11 is 1.75. The van der Waals surface area contributed by atoms with Crippen LogP contribution in [-0.2, 0) is 0 Å². The van der Waals surface area contributed by atoms with Crippen LogP contribution in [0.3, 0.4) is 0 Å². The van der Waals surface area contributed by atoms with Gasteiger partial charge in [-0.1, -0.05) is 20.8 Å². The summed E-state index contributed by atoms with van der Waals surface area (Å²) in [6, 6.07) is 2.14. The van der Waals surface area contributed by atoms with Crippen LogP contribution in [0.25, 0.3) is 10.6 Å². The first kappa shape index (κ1) is 14.0. The van der Waals surface area contributed by atoms with Crippen molar-refractivity contribution in [3.63, 3.8) is 0 Å². The van der Waals surface area contributed by atoms with Crippen molar-refractivity contribution in [2.24, 2.45) is 0 Å². The van der Waals surface area contributed by atoms with Crippen LogP contribution in [0.2, 0.25) is 0 Å². The molecule has 0 aliphatic carbocycles. The fourth-order valence-electron chi connectivity index (χ4n) is 2.12. The molecule has 2 aromatic heterocycles. The van der Waals surface area contributed by atoms with Gasteiger partial charge in [-0.05, 0) is 36.3 Å². The van der Waals surface area contributed by atoms with E-state index in [-0.39, 0.29) is 0 Å². The Labute approximate surface area is 119 Å². The predicted octanol–water partition coefficient (Wildman–Crippen LogP) is 4.46. The lowest BCUT2D eigenvalue weighted by molar-refractivity contribution is 0.844. The van der Waals surface area contributed by atoms with Crippen molar-refractivity contribution in [3.05, 3.63) is 28.9 Å². The van der Waals surface area contributed by atoms with Crippen molar-refractivity contribution in [2.45, 2.75) is 40.0 Å². The average Bonchev–Trinajstić information content (AvgIpc) is 2.81. The molecule has 2 aromatic rings. The van der Waals surface area contributed by atoms with Crippen LogP contribution in [0.1, 0.15) is 44.2 Å². The van der Waals surface area contributed by atoms with Gasteiger partial charge in [0, 0.05) is 12.1 Å². The van der Waals surface area contributed by atoms with Gasteiger partial charge >= 0.3 is 0 Å². The predicted molar refractivity (Wildman–Crippen MR) is 83.0 cm³/mol. The van der Waals surface area contributed by atoms with E-state index in [0.717, 1.165) is 24.5 Å². The molecule has 0 radical (unpaired) electrons. The first-order valence-corrected chi connectivity index (χ1v) is 7.66. The van der Waals surface area contributed by atoms with E-state index in [1.807, 2.05) is 0 Å². The third kappa shape index (κ3) is 2.95. The first-order chi connectivity index (χ1) is 9.15. The monoisotopic (exact) mass is 275 g/mol. The van der Waals surface area contributed by atoms with Crippen LogP contribution in [0.5, 0.6) is 0 Å². The number of rotatable bonds is 5. The lowest BCUT2D eigenvalue weighted by Gasteiger charge is -2.16. The Bertz CT molecular complexity index is 546. The van der Waals surface area contributed by atoms with Crippen molar-refractivity contribution in [1.29, 1.82) is 0 Å². The highest BCUT2D eigenvalue weighted by molar-refractivity contribution is 7.13. The quantitative estimate of drug-likeness (QED) is 0.875. The third-order valence-corrected chi connectivity index (χ3v) is 4.10. The van der Waals surface area contributed by atoms with Crippen molar-refractivity contribution >= 4 is 17.2 Å². The zero-order chi connectivity index (χ0) is 13.8. The summed E-state index contributed by atoms with van der Waals surface area (Å²) in [5.41, 5.74) is 3.59. The Balaban J connectivity index is 2.52. The molecular formula is C15H21N3S. The Morgan fingerprint density at radius 1 is 1.32 bits per heavy atom. The second-order valence-electron chi connectivity index (χ2n) is 5.00. The van der Waals surface area contributed by atoms with Gasteiger partial charge in [-0.25, -0.2) is 9.97 Å². The van der Waals surface area contributed by atoms with E-state index in [9.17, 15) is 0 Å². The maximum Gasteiger partial charge on any atom is 0.133 e. The number of hydrogen-bond acceptors (Lipinski definition) is 4. The Morgan fingerprint density at radius 2 is 2.11 bits per heavy atom. The molecule has 3 nitrogen and oxygen atoms in total. The SMILES string of the molecule is CCCNc1ncnc(-c2sccc2C)c1C(C)C. The zero-order valence-corrected chi connectivity index (χ0v) is 12.8. The number of thiophene rings is 1. The molecule has 0 unspecified atom stereocenters. The lowest BCUT2D eigenvalue weighted by atomic mass is 9.99. The average molecular weight is 275 g/mol. The molecule has 19 heavy (non-hydrogen) atoms. The van der Waals surface area contributed by atoms with E-state index in [2.05, 4.69) is 54.4 Å². The molecule has 4 heteroatoms. The maximum absolute atomic E-state index is 4.53. The molecule has 0 aliphatic rings. The number of aromatic nitrogens is 2. The van der Waals surface area contributed by atoms with Gasteiger partial charge in [0.25, 0.3) is 0 Å². The van der Waals surface area contributed by atoms with Crippen molar-refractivity contribution in [3.8, 4) is 10.6 Å². The van der Waals surface area contributed by atoms with Crippen LogP contribution >= 0.6 is 11.3 Å². The van der Waals surface area contributed by atoms with E-state index >= 15 is 0 Å². The summed E-state index contributed by atoms with van der Waals surface area (Å²) in [6.45, 7) is 9.63. The second kappa shape index (κ2) is 6.15. The highest BCUT2D eigenvalue weighted by Gasteiger charge is 2.17. The van der Waals surface area contributed by atoms with Crippen LogP contribution < -0.4 is 5.32 Å². The molecule has 0 saturated carbocycles. The number of nitrogens with one attached hydrogen (secondary N) is 1. The van der Waals surface area contributed by atoms with E-state index < -0.39 is 0 Å². The standard InChI is InChI=1S/C15H21N3S/c1-5-7-16-15-12(10(2)3)13(17-9-18-15)14-11(4)6-8-19-14/h6,8-10H,5,7H2,1-4H3,(H,16,17,18). The Hall–Kier alpha value is -1.42. The summed E-state index contributed by atoms with van der Waals surface area (Å²) in [6.07, 6.45) is 2.76. The number of aryl methyl sites for hydroxylation is 1. The van der Waals surface area contributed by atoms with E-state index in [1.54, 1.807) is 17.7 Å². The number of anilines is 1. The minimum Gasteiger partial charge on any atom is -0.370 e. The van der Waals surface area contributed by atoms with E-state index in [4.69, 9.17) is 0 Å². The number of hydrogen-bond donors (Lipinski definition) is 1. The molecule has 2 heterocycles. The topological polar surface area (TPSA) is 37.8 Å². The molecule has 0 fully saturated rings. The second-order valence-corrected chi connectivity index (χ2v) is 5.91. The first-order valence-electron chi connectivity index (χ1n) is 6.78.